The number of nitrogens with zero attached hydrogens (tertiary/aromatic N) is 1. The van der Waals surface area contributed by atoms with Gasteiger partial charge in [-0.3, -0.25) is 4.79 Å². The number of rotatable bonds is 2. The van der Waals surface area contributed by atoms with Crippen molar-refractivity contribution in [2.24, 2.45) is 0 Å². The van der Waals surface area contributed by atoms with Crippen molar-refractivity contribution in [2.75, 3.05) is 0 Å². The Morgan fingerprint density at radius 1 is 1.50 bits per heavy atom. The standard InChI is InChI=1S/C15H15ClN2O2/c1-9-7-10(8-14(16)17-9)15(19)18-12-3-2-4-13-11(12)5-6-20-13/h5-8,12H,2-4H2,1H3,(H,18,19). The molecule has 0 radical (unpaired) electrons. The van der Waals surface area contributed by atoms with Gasteiger partial charge in [0.05, 0.1) is 12.3 Å². The number of carbonyl (C=O) groups is 1. The van der Waals surface area contributed by atoms with Crippen LogP contribution in [0.15, 0.2) is 28.9 Å². The Labute approximate surface area is 122 Å². The van der Waals surface area contributed by atoms with Crippen LogP contribution in [0.5, 0.6) is 0 Å². The first-order valence-corrected chi connectivity index (χ1v) is 7.02. The number of fused-ring (bicyclic) bond motifs is 1. The monoisotopic (exact) mass is 290 g/mol. The second-order valence-electron chi connectivity index (χ2n) is 5.04. The SMILES string of the molecule is Cc1cc(C(=O)NC2CCCc3occc32)cc(Cl)n1. The predicted molar refractivity (Wildman–Crippen MR) is 75.8 cm³/mol. The zero-order chi connectivity index (χ0) is 14.1. The summed E-state index contributed by atoms with van der Waals surface area (Å²) >= 11 is 5.89. The van der Waals surface area contributed by atoms with E-state index in [1.54, 1.807) is 18.4 Å². The number of pyridine rings is 1. The van der Waals surface area contributed by atoms with E-state index in [9.17, 15) is 4.79 Å². The van der Waals surface area contributed by atoms with Crippen LogP contribution in [-0.2, 0) is 6.42 Å². The van der Waals surface area contributed by atoms with E-state index in [0.29, 0.717) is 10.7 Å². The number of hydrogen-bond donors (Lipinski definition) is 1. The summed E-state index contributed by atoms with van der Waals surface area (Å²) in [6, 6.07) is 5.27. The van der Waals surface area contributed by atoms with Gasteiger partial charge in [-0.2, -0.15) is 0 Å². The van der Waals surface area contributed by atoms with Gasteiger partial charge < -0.3 is 9.73 Å². The summed E-state index contributed by atoms with van der Waals surface area (Å²) in [6.45, 7) is 1.82. The van der Waals surface area contributed by atoms with Crippen LogP contribution in [-0.4, -0.2) is 10.9 Å². The van der Waals surface area contributed by atoms with Crippen molar-refractivity contribution in [3.05, 3.63) is 52.2 Å². The molecule has 4 nitrogen and oxygen atoms in total. The smallest absolute Gasteiger partial charge is 0.251 e. The molecule has 1 amide bonds. The topological polar surface area (TPSA) is 55.1 Å². The van der Waals surface area contributed by atoms with E-state index >= 15 is 0 Å². The average Bonchev–Trinajstić information content (AvgIpc) is 2.87. The Balaban J connectivity index is 1.80. The van der Waals surface area contributed by atoms with Crippen molar-refractivity contribution >= 4 is 17.5 Å². The Morgan fingerprint density at radius 2 is 2.35 bits per heavy atom. The van der Waals surface area contributed by atoms with Gasteiger partial charge >= 0.3 is 0 Å². The third-order valence-electron chi connectivity index (χ3n) is 3.54. The Bertz CT molecular complexity index is 631. The number of nitrogens with one attached hydrogen (secondary N) is 1. The summed E-state index contributed by atoms with van der Waals surface area (Å²) in [7, 11) is 0. The molecular formula is C15H15ClN2O2. The van der Waals surface area contributed by atoms with Gasteiger partial charge in [-0.1, -0.05) is 11.6 Å². The van der Waals surface area contributed by atoms with E-state index in [4.69, 9.17) is 16.0 Å². The lowest BCUT2D eigenvalue weighted by molar-refractivity contribution is 0.0932. The molecule has 0 saturated heterocycles. The molecule has 0 aliphatic heterocycles. The van der Waals surface area contributed by atoms with Crippen LogP contribution >= 0.6 is 11.6 Å². The third kappa shape index (κ3) is 2.56. The molecule has 2 aromatic rings. The molecule has 0 spiro atoms. The van der Waals surface area contributed by atoms with E-state index in [-0.39, 0.29) is 11.9 Å². The van der Waals surface area contributed by atoms with Gasteiger partial charge in [0.1, 0.15) is 10.9 Å². The minimum absolute atomic E-state index is 0.0113. The molecule has 1 aliphatic rings. The van der Waals surface area contributed by atoms with Crippen molar-refractivity contribution in [3.8, 4) is 0 Å². The van der Waals surface area contributed by atoms with E-state index in [1.165, 1.54) is 0 Å². The maximum atomic E-state index is 12.3. The molecule has 1 atom stereocenters. The van der Waals surface area contributed by atoms with E-state index in [2.05, 4.69) is 10.3 Å². The zero-order valence-electron chi connectivity index (χ0n) is 11.1. The van der Waals surface area contributed by atoms with Gasteiger partial charge in [-0.15, -0.1) is 0 Å². The molecule has 2 heterocycles. The van der Waals surface area contributed by atoms with Crippen LogP contribution in [0.3, 0.4) is 0 Å². The molecule has 0 fully saturated rings. The van der Waals surface area contributed by atoms with Crippen LogP contribution in [0.4, 0.5) is 0 Å². The van der Waals surface area contributed by atoms with Crippen molar-refractivity contribution in [1.82, 2.24) is 10.3 Å². The molecule has 3 rings (SSSR count). The van der Waals surface area contributed by atoms with Crippen molar-refractivity contribution in [3.63, 3.8) is 0 Å². The second-order valence-corrected chi connectivity index (χ2v) is 5.42. The molecule has 0 bridgehead atoms. The average molecular weight is 291 g/mol. The Kier molecular flexibility index (Phi) is 3.49. The molecule has 5 heteroatoms. The van der Waals surface area contributed by atoms with Gasteiger partial charge in [-0.25, -0.2) is 4.98 Å². The number of aromatic nitrogens is 1. The molecule has 104 valence electrons. The van der Waals surface area contributed by atoms with Crippen LogP contribution in [0, 0.1) is 6.92 Å². The van der Waals surface area contributed by atoms with Crippen molar-refractivity contribution in [1.29, 1.82) is 0 Å². The molecule has 1 N–H and O–H groups in total. The zero-order valence-corrected chi connectivity index (χ0v) is 11.9. The first kappa shape index (κ1) is 13.2. The van der Waals surface area contributed by atoms with Gasteiger partial charge in [0, 0.05) is 23.2 Å². The number of hydrogen-bond acceptors (Lipinski definition) is 3. The van der Waals surface area contributed by atoms with Gasteiger partial charge in [0.25, 0.3) is 5.91 Å². The number of halogens is 1. The first-order chi connectivity index (χ1) is 9.63. The maximum absolute atomic E-state index is 12.3. The number of aryl methyl sites for hydroxylation is 2. The van der Waals surface area contributed by atoms with Crippen LogP contribution < -0.4 is 5.32 Å². The van der Waals surface area contributed by atoms with E-state index in [1.807, 2.05) is 13.0 Å². The number of carbonyl (C=O) groups excluding carboxylic acids is 1. The molecule has 2 aromatic heterocycles. The predicted octanol–water partition coefficient (Wildman–Crippen LogP) is 3.44. The van der Waals surface area contributed by atoms with Gasteiger partial charge in [0.2, 0.25) is 0 Å². The highest BCUT2D eigenvalue weighted by molar-refractivity contribution is 6.29. The molecule has 0 aromatic carbocycles. The summed E-state index contributed by atoms with van der Waals surface area (Å²) < 4.78 is 5.43. The highest BCUT2D eigenvalue weighted by Crippen LogP contribution is 2.30. The molecule has 1 aliphatic carbocycles. The van der Waals surface area contributed by atoms with Gasteiger partial charge in [-0.05, 0) is 38.0 Å². The fourth-order valence-electron chi connectivity index (χ4n) is 2.64. The lowest BCUT2D eigenvalue weighted by Gasteiger charge is -2.22. The van der Waals surface area contributed by atoms with Crippen LogP contribution in [0.25, 0.3) is 0 Å². The lowest BCUT2D eigenvalue weighted by atomic mass is 9.93. The molecule has 1 unspecified atom stereocenters. The summed E-state index contributed by atoms with van der Waals surface area (Å²) in [6.07, 6.45) is 4.56. The second kappa shape index (κ2) is 5.29. The maximum Gasteiger partial charge on any atom is 0.251 e. The highest BCUT2D eigenvalue weighted by atomic mass is 35.5. The quantitative estimate of drug-likeness (QED) is 0.862. The third-order valence-corrected chi connectivity index (χ3v) is 3.74. The molecule has 0 saturated carbocycles. The summed E-state index contributed by atoms with van der Waals surface area (Å²) in [5, 5.41) is 3.38. The normalized spacial score (nSPS) is 17.6. The molecular weight excluding hydrogens is 276 g/mol. The van der Waals surface area contributed by atoms with Gasteiger partial charge in [0.15, 0.2) is 0 Å². The summed E-state index contributed by atoms with van der Waals surface area (Å²) in [5.74, 6) is 0.849. The number of amides is 1. The van der Waals surface area contributed by atoms with Crippen LogP contribution in [0.1, 0.15) is 46.3 Å². The lowest BCUT2D eigenvalue weighted by Crippen LogP contribution is -2.30. The largest absolute Gasteiger partial charge is 0.469 e. The van der Waals surface area contributed by atoms with Crippen molar-refractivity contribution in [2.45, 2.75) is 32.2 Å². The first-order valence-electron chi connectivity index (χ1n) is 6.65. The summed E-state index contributed by atoms with van der Waals surface area (Å²) in [5.41, 5.74) is 2.36. The Hall–Kier alpha value is -1.81. The highest BCUT2D eigenvalue weighted by Gasteiger charge is 2.24. The van der Waals surface area contributed by atoms with Crippen LogP contribution in [0.2, 0.25) is 5.15 Å². The fourth-order valence-corrected chi connectivity index (χ4v) is 2.89. The number of furan rings is 1. The fraction of sp³-hybridized carbons (Fsp3) is 0.333. The minimum atomic E-state index is -0.128. The Morgan fingerprint density at radius 3 is 3.15 bits per heavy atom. The minimum Gasteiger partial charge on any atom is -0.469 e. The summed E-state index contributed by atoms with van der Waals surface area (Å²) in [4.78, 5) is 16.4. The molecule has 20 heavy (non-hydrogen) atoms. The van der Waals surface area contributed by atoms with E-state index in [0.717, 1.165) is 36.3 Å². The van der Waals surface area contributed by atoms with Crippen molar-refractivity contribution < 1.29 is 9.21 Å². The van der Waals surface area contributed by atoms with E-state index < -0.39 is 0 Å².